The summed E-state index contributed by atoms with van der Waals surface area (Å²) in [4.78, 5) is 12.1. The standard InChI is InChI=1S/C11H14FN3O2/c12-9-3-1-4-10(11(9)15(16)17)14-7-2-5-13-6-8-14/h1,3-4,13H,2,5-8H2. The Hall–Kier alpha value is -1.69. The predicted octanol–water partition coefficient (Wildman–Crippen LogP) is 1.53. The van der Waals surface area contributed by atoms with Gasteiger partial charge in [0.1, 0.15) is 5.69 Å². The van der Waals surface area contributed by atoms with Gasteiger partial charge in [-0.05, 0) is 25.1 Å². The first-order valence-corrected chi connectivity index (χ1v) is 5.58. The normalized spacial score (nSPS) is 16.6. The zero-order valence-corrected chi connectivity index (χ0v) is 9.36. The molecule has 92 valence electrons. The van der Waals surface area contributed by atoms with E-state index in [0.29, 0.717) is 18.8 Å². The summed E-state index contributed by atoms with van der Waals surface area (Å²) in [6.45, 7) is 3.01. The van der Waals surface area contributed by atoms with E-state index in [-0.39, 0.29) is 0 Å². The quantitative estimate of drug-likeness (QED) is 0.628. The van der Waals surface area contributed by atoms with E-state index < -0.39 is 16.4 Å². The number of rotatable bonds is 2. The maximum absolute atomic E-state index is 13.5. The molecule has 0 spiro atoms. The SMILES string of the molecule is O=[N+]([O-])c1c(F)cccc1N1CCCNCC1. The van der Waals surface area contributed by atoms with Gasteiger partial charge >= 0.3 is 5.69 Å². The van der Waals surface area contributed by atoms with Crippen molar-refractivity contribution in [2.24, 2.45) is 0 Å². The highest BCUT2D eigenvalue weighted by atomic mass is 19.1. The molecule has 2 rings (SSSR count). The fourth-order valence-corrected chi connectivity index (χ4v) is 2.03. The van der Waals surface area contributed by atoms with Crippen molar-refractivity contribution >= 4 is 11.4 Å². The molecule has 1 aromatic carbocycles. The summed E-state index contributed by atoms with van der Waals surface area (Å²) in [5.41, 5.74) is -0.0481. The predicted molar refractivity (Wildman–Crippen MR) is 62.8 cm³/mol. The van der Waals surface area contributed by atoms with Crippen LogP contribution in [0, 0.1) is 15.9 Å². The average Bonchev–Trinajstić information content (AvgIpc) is 2.56. The molecular weight excluding hydrogens is 225 g/mol. The maximum Gasteiger partial charge on any atom is 0.327 e. The smallest absolute Gasteiger partial charge is 0.327 e. The molecule has 0 saturated carbocycles. The van der Waals surface area contributed by atoms with Gasteiger partial charge in [-0.25, -0.2) is 0 Å². The van der Waals surface area contributed by atoms with Gasteiger partial charge in [0.2, 0.25) is 5.82 Å². The van der Waals surface area contributed by atoms with Crippen LogP contribution in [0.3, 0.4) is 0 Å². The van der Waals surface area contributed by atoms with Gasteiger partial charge in [0.25, 0.3) is 0 Å². The number of benzene rings is 1. The molecule has 1 aliphatic heterocycles. The van der Waals surface area contributed by atoms with E-state index in [0.717, 1.165) is 25.6 Å². The molecule has 0 bridgehead atoms. The molecule has 6 heteroatoms. The van der Waals surface area contributed by atoms with Crippen LogP contribution >= 0.6 is 0 Å². The molecule has 5 nitrogen and oxygen atoms in total. The zero-order valence-electron chi connectivity index (χ0n) is 9.36. The Morgan fingerprint density at radius 2 is 2.18 bits per heavy atom. The number of hydrogen-bond acceptors (Lipinski definition) is 4. The second kappa shape index (κ2) is 5.09. The van der Waals surface area contributed by atoms with Crippen LogP contribution in [0.4, 0.5) is 15.8 Å². The van der Waals surface area contributed by atoms with Crippen LogP contribution in [0.15, 0.2) is 18.2 Å². The van der Waals surface area contributed by atoms with Crippen LogP contribution in [0.5, 0.6) is 0 Å². The third-order valence-corrected chi connectivity index (χ3v) is 2.83. The van der Waals surface area contributed by atoms with Gasteiger partial charge in [0.15, 0.2) is 0 Å². The van der Waals surface area contributed by atoms with Crippen molar-refractivity contribution in [3.8, 4) is 0 Å². The van der Waals surface area contributed by atoms with Crippen LogP contribution in [-0.4, -0.2) is 31.1 Å². The average molecular weight is 239 g/mol. The molecule has 17 heavy (non-hydrogen) atoms. The number of nitrogens with zero attached hydrogens (tertiary/aromatic N) is 2. The van der Waals surface area contributed by atoms with Crippen molar-refractivity contribution in [3.05, 3.63) is 34.1 Å². The number of nitro groups is 1. The summed E-state index contributed by atoms with van der Waals surface area (Å²) < 4.78 is 13.5. The number of nitrogens with one attached hydrogen (secondary N) is 1. The van der Waals surface area contributed by atoms with Gasteiger partial charge in [0, 0.05) is 19.6 Å². The van der Waals surface area contributed by atoms with Crippen molar-refractivity contribution in [3.63, 3.8) is 0 Å². The van der Waals surface area contributed by atoms with Crippen molar-refractivity contribution in [1.29, 1.82) is 0 Å². The Kier molecular flexibility index (Phi) is 3.53. The molecule has 0 radical (unpaired) electrons. The number of anilines is 1. The highest BCUT2D eigenvalue weighted by molar-refractivity contribution is 5.63. The van der Waals surface area contributed by atoms with Crippen molar-refractivity contribution in [2.45, 2.75) is 6.42 Å². The summed E-state index contributed by atoms with van der Waals surface area (Å²) in [5, 5.41) is 14.1. The molecule has 1 fully saturated rings. The number of nitro benzene ring substituents is 1. The van der Waals surface area contributed by atoms with E-state index in [1.165, 1.54) is 6.07 Å². The zero-order chi connectivity index (χ0) is 12.3. The fraction of sp³-hybridized carbons (Fsp3) is 0.455. The molecular formula is C11H14FN3O2. The van der Waals surface area contributed by atoms with Gasteiger partial charge in [-0.2, -0.15) is 4.39 Å². The van der Waals surface area contributed by atoms with E-state index in [2.05, 4.69) is 5.32 Å². The van der Waals surface area contributed by atoms with E-state index in [1.54, 1.807) is 6.07 Å². The maximum atomic E-state index is 13.5. The Balaban J connectivity index is 2.36. The lowest BCUT2D eigenvalue weighted by Crippen LogP contribution is -2.28. The Labute approximate surface area is 98.4 Å². The van der Waals surface area contributed by atoms with E-state index in [9.17, 15) is 14.5 Å². The highest BCUT2D eigenvalue weighted by Crippen LogP contribution is 2.30. The van der Waals surface area contributed by atoms with Gasteiger partial charge in [-0.15, -0.1) is 0 Å². The first-order valence-electron chi connectivity index (χ1n) is 5.58. The van der Waals surface area contributed by atoms with Crippen LogP contribution in [0.25, 0.3) is 0 Å². The monoisotopic (exact) mass is 239 g/mol. The summed E-state index contributed by atoms with van der Waals surface area (Å²) in [7, 11) is 0. The third-order valence-electron chi connectivity index (χ3n) is 2.83. The molecule has 1 aliphatic rings. The van der Waals surface area contributed by atoms with Gasteiger partial charge in [-0.1, -0.05) is 6.07 Å². The van der Waals surface area contributed by atoms with Crippen LogP contribution < -0.4 is 10.2 Å². The van der Waals surface area contributed by atoms with E-state index in [4.69, 9.17) is 0 Å². The van der Waals surface area contributed by atoms with E-state index in [1.807, 2.05) is 4.90 Å². The minimum Gasteiger partial charge on any atom is -0.365 e. The first-order chi connectivity index (χ1) is 8.20. The molecule has 0 atom stereocenters. The highest BCUT2D eigenvalue weighted by Gasteiger charge is 2.24. The molecule has 1 heterocycles. The van der Waals surface area contributed by atoms with Gasteiger partial charge in [-0.3, -0.25) is 10.1 Å². The summed E-state index contributed by atoms with van der Waals surface area (Å²) in [5.74, 6) is -0.773. The topological polar surface area (TPSA) is 58.4 Å². The Bertz CT molecular complexity index is 417. The molecule has 1 aromatic rings. The lowest BCUT2D eigenvalue weighted by Gasteiger charge is -2.21. The molecule has 1 saturated heterocycles. The van der Waals surface area contributed by atoms with E-state index >= 15 is 0 Å². The van der Waals surface area contributed by atoms with Crippen LogP contribution in [-0.2, 0) is 0 Å². The second-order valence-corrected chi connectivity index (χ2v) is 3.96. The fourth-order valence-electron chi connectivity index (χ4n) is 2.03. The Morgan fingerprint density at radius 1 is 1.35 bits per heavy atom. The summed E-state index contributed by atoms with van der Waals surface area (Å²) >= 11 is 0. The third kappa shape index (κ3) is 2.52. The lowest BCUT2D eigenvalue weighted by atomic mass is 10.2. The molecule has 1 N–H and O–H groups in total. The van der Waals surface area contributed by atoms with Crippen molar-refractivity contribution in [2.75, 3.05) is 31.1 Å². The molecule has 0 unspecified atom stereocenters. The van der Waals surface area contributed by atoms with Crippen LogP contribution in [0.1, 0.15) is 6.42 Å². The lowest BCUT2D eigenvalue weighted by molar-refractivity contribution is -0.386. The van der Waals surface area contributed by atoms with Gasteiger partial charge in [0.05, 0.1) is 4.92 Å². The van der Waals surface area contributed by atoms with Crippen molar-refractivity contribution in [1.82, 2.24) is 5.32 Å². The number of halogens is 1. The van der Waals surface area contributed by atoms with Gasteiger partial charge < -0.3 is 10.2 Å². The molecule has 0 aromatic heterocycles. The first kappa shape index (κ1) is 11.8. The summed E-state index contributed by atoms with van der Waals surface area (Å²) in [6.07, 6.45) is 0.896. The molecule has 0 amide bonds. The molecule has 0 aliphatic carbocycles. The number of para-hydroxylation sites is 1. The summed E-state index contributed by atoms with van der Waals surface area (Å²) in [6, 6.07) is 4.24. The largest absolute Gasteiger partial charge is 0.365 e. The van der Waals surface area contributed by atoms with Crippen LogP contribution in [0.2, 0.25) is 0 Å². The second-order valence-electron chi connectivity index (χ2n) is 3.96. The minimum absolute atomic E-state index is 0.374. The minimum atomic E-state index is -0.773. The Morgan fingerprint density at radius 3 is 2.94 bits per heavy atom. The van der Waals surface area contributed by atoms with Crippen molar-refractivity contribution < 1.29 is 9.31 Å². The number of hydrogen-bond donors (Lipinski definition) is 1.